The first-order chi connectivity index (χ1) is 19.6. The van der Waals surface area contributed by atoms with Crippen molar-refractivity contribution in [3.8, 4) is 5.75 Å². The summed E-state index contributed by atoms with van der Waals surface area (Å²) in [6.45, 7) is 9.64. The van der Waals surface area contributed by atoms with E-state index in [-0.39, 0.29) is 5.91 Å². The molecule has 0 spiro atoms. The van der Waals surface area contributed by atoms with Crippen LogP contribution in [0.15, 0.2) is 54.9 Å². The molecule has 1 aromatic carbocycles. The van der Waals surface area contributed by atoms with Crippen molar-refractivity contribution in [2.75, 3.05) is 55.4 Å². The highest BCUT2D eigenvalue weighted by atomic mass is 16.6. The van der Waals surface area contributed by atoms with E-state index >= 15 is 0 Å². The number of fused-ring (bicyclic) bond motifs is 1. The van der Waals surface area contributed by atoms with Crippen molar-refractivity contribution in [3.05, 3.63) is 66.1 Å². The van der Waals surface area contributed by atoms with Crippen LogP contribution in [0.2, 0.25) is 0 Å². The molecule has 0 aliphatic carbocycles. The van der Waals surface area contributed by atoms with E-state index in [1.54, 1.807) is 24.3 Å². The number of nitrogens with one attached hydrogen (secondary N) is 1. The molecule has 218 valence electrons. The maximum Gasteiger partial charge on any atom is 0.410 e. The Morgan fingerprint density at radius 2 is 1.95 bits per heavy atom. The van der Waals surface area contributed by atoms with Gasteiger partial charge in [0.1, 0.15) is 28.8 Å². The molecule has 1 unspecified atom stereocenters. The van der Waals surface area contributed by atoms with Crippen molar-refractivity contribution in [2.24, 2.45) is 0 Å². The summed E-state index contributed by atoms with van der Waals surface area (Å²) < 4.78 is 11.9. The fraction of sp³-hybridized carbons (Fsp3) is 0.433. The van der Waals surface area contributed by atoms with E-state index in [4.69, 9.17) is 9.47 Å². The van der Waals surface area contributed by atoms with Gasteiger partial charge in [0.05, 0.1) is 5.69 Å². The molecule has 0 fully saturated rings. The highest BCUT2D eigenvalue weighted by molar-refractivity contribution is 6.09. The number of hydrogen-bond donors (Lipinski definition) is 1. The quantitative estimate of drug-likeness (QED) is 0.394. The van der Waals surface area contributed by atoms with E-state index in [0.29, 0.717) is 61.4 Å². The number of nitrogens with zero attached hydrogens (tertiary/aromatic N) is 6. The number of ether oxygens (including phenoxy) is 2. The van der Waals surface area contributed by atoms with Gasteiger partial charge in [0.15, 0.2) is 0 Å². The number of rotatable bonds is 9. The first-order valence-corrected chi connectivity index (χ1v) is 13.8. The Morgan fingerprint density at radius 3 is 2.66 bits per heavy atom. The number of carbonyl (C=O) groups is 2. The molecule has 1 aliphatic heterocycles. The predicted molar refractivity (Wildman–Crippen MR) is 159 cm³/mol. The molecule has 1 N–H and O–H groups in total. The fourth-order valence-corrected chi connectivity index (χ4v) is 4.37. The van der Waals surface area contributed by atoms with E-state index in [2.05, 4.69) is 20.3 Å². The minimum Gasteiger partial charge on any atom is -0.484 e. The first kappa shape index (κ1) is 29.6. The van der Waals surface area contributed by atoms with Gasteiger partial charge in [-0.05, 0) is 52.0 Å². The molecule has 2 aromatic heterocycles. The largest absolute Gasteiger partial charge is 0.484 e. The second kappa shape index (κ2) is 12.8. The number of anilines is 3. The average Bonchev–Trinajstić information content (AvgIpc) is 3.06. The third-order valence-electron chi connectivity index (χ3n) is 6.46. The molecule has 2 amide bonds. The summed E-state index contributed by atoms with van der Waals surface area (Å²) in [6, 6.07) is 13.1. The third kappa shape index (κ3) is 7.62. The number of amides is 2. The Labute approximate surface area is 241 Å². The summed E-state index contributed by atoms with van der Waals surface area (Å²) in [5.41, 5.74) is 1.30. The van der Waals surface area contributed by atoms with Crippen LogP contribution in [-0.2, 0) is 4.74 Å². The number of hydrogen-bond acceptors (Lipinski definition) is 9. The van der Waals surface area contributed by atoms with Crippen molar-refractivity contribution in [3.63, 3.8) is 0 Å². The minimum atomic E-state index is -0.580. The molecule has 0 radical (unpaired) electrons. The zero-order valence-electron chi connectivity index (χ0n) is 24.6. The van der Waals surface area contributed by atoms with Crippen LogP contribution in [0.1, 0.15) is 56.3 Å². The summed E-state index contributed by atoms with van der Waals surface area (Å²) >= 11 is 0. The van der Waals surface area contributed by atoms with Gasteiger partial charge in [-0.3, -0.25) is 9.78 Å². The Bertz CT molecular complexity index is 1350. The number of likely N-dealkylation sites (N-methyl/N-ethyl adjacent to an activating group) is 1. The molecular weight excluding hydrogens is 522 g/mol. The van der Waals surface area contributed by atoms with Crippen molar-refractivity contribution < 1.29 is 19.1 Å². The molecule has 0 saturated carbocycles. The summed E-state index contributed by atoms with van der Waals surface area (Å²) in [5.74, 6) is 1.50. The van der Waals surface area contributed by atoms with Gasteiger partial charge in [-0.1, -0.05) is 12.1 Å². The molecule has 4 rings (SSSR count). The number of aromatic nitrogens is 3. The van der Waals surface area contributed by atoms with Crippen LogP contribution in [0.25, 0.3) is 0 Å². The summed E-state index contributed by atoms with van der Waals surface area (Å²) in [7, 11) is 3.62. The van der Waals surface area contributed by atoms with Gasteiger partial charge in [0, 0.05) is 70.8 Å². The van der Waals surface area contributed by atoms with Gasteiger partial charge in [0.25, 0.3) is 5.91 Å². The van der Waals surface area contributed by atoms with Gasteiger partial charge in [-0.25, -0.2) is 9.78 Å². The Balaban J connectivity index is 1.54. The second-order valence-electron chi connectivity index (χ2n) is 10.9. The normalized spacial score (nSPS) is 14.1. The fourth-order valence-electron chi connectivity index (χ4n) is 4.37. The highest BCUT2D eigenvalue weighted by Crippen LogP contribution is 2.31. The number of carbonyl (C=O) groups excluding carboxylic acids is 2. The van der Waals surface area contributed by atoms with E-state index < -0.39 is 17.8 Å². The lowest BCUT2D eigenvalue weighted by atomic mass is 10.1. The van der Waals surface area contributed by atoms with Crippen LogP contribution in [-0.4, -0.2) is 77.7 Å². The zero-order chi connectivity index (χ0) is 29.6. The van der Waals surface area contributed by atoms with Gasteiger partial charge < -0.3 is 29.5 Å². The third-order valence-corrected chi connectivity index (χ3v) is 6.46. The molecule has 1 aliphatic rings. The second-order valence-corrected chi connectivity index (χ2v) is 10.9. The predicted octanol–water partition coefficient (Wildman–Crippen LogP) is 4.78. The molecule has 0 saturated heterocycles. The van der Waals surface area contributed by atoms with E-state index in [0.717, 1.165) is 5.69 Å². The molecule has 11 heteroatoms. The molecule has 1 atom stereocenters. The van der Waals surface area contributed by atoms with Crippen molar-refractivity contribution >= 4 is 29.5 Å². The molecule has 0 bridgehead atoms. The Kier molecular flexibility index (Phi) is 9.26. The van der Waals surface area contributed by atoms with Crippen LogP contribution in [0, 0.1) is 0 Å². The van der Waals surface area contributed by atoms with E-state index in [1.165, 1.54) is 4.90 Å². The molecule has 11 nitrogen and oxygen atoms in total. The first-order valence-electron chi connectivity index (χ1n) is 13.8. The lowest BCUT2D eigenvalue weighted by Crippen LogP contribution is -2.35. The minimum absolute atomic E-state index is 0.176. The SMILES string of the molecule is CCNc1ncc2c(n1)N(C)CCN(c1cccc(OC(CCN(C)C(=O)OC(C)(C)C)c3ccccn3)c1)C2=O. The Morgan fingerprint density at radius 1 is 1.15 bits per heavy atom. The van der Waals surface area contributed by atoms with Crippen molar-refractivity contribution in [1.82, 2.24) is 19.9 Å². The van der Waals surface area contributed by atoms with Gasteiger partial charge in [0.2, 0.25) is 5.95 Å². The molecule has 3 heterocycles. The van der Waals surface area contributed by atoms with Crippen LogP contribution in [0.3, 0.4) is 0 Å². The maximum atomic E-state index is 13.6. The van der Waals surface area contributed by atoms with Crippen LogP contribution >= 0.6 is 0 Å². The standard InChI is InChI=1S/C30H39N7O4/c1-7-31-28-33-20-23-26(34-28)35(5)17-18-37(27(23)38)21-11-10-12-22(19-21)40-25(24-13-8-9-15-32-24)14-16-36(6)29(39)41-30(2,3)4/h8-13,15,19-20,25H,7,14,16-18H2,1-6H3,(H,31,33,34). The molecular formula is C30H39N7O4. The Hall–Kier alpha value is -4.41. The van der Waals surface area contributed by atoms with Crippen molar-refractivity contribution in [1.29, 1.82) is 0 Å². The van der Waals surface area contributed by atoms with Gasteiger partial charge in [-0.15, -0.1) is 0 Å². The van der Waals surface area contributed by atoms with Gasteiger partial charge >= 0.3 is 6.09 Å². The van der Waals surface area contributed by atoms with Crippen LogP contribution < -0.4 is 19.9 Å². The van der Waals surface area contributed by atoms with Crippen LogP contribution in [0.5, 0.6) is 5.75 Å². The maximum absolute atomic E-state index is 13.6. The summed E-state index contributed by atoms with van der Waals surface area (Å²) in [4.78, 5) is 44.8. The molecule has 3 aromatic rings. The zero-order valence-corrected chi connectivity index (χ0v) is 24.6. The van der Waals surface area contributed by atoms with E-state index in [1.807, 2.05) is 82.1 Å². The van der Waals surface area contributed by atoms with Crippen LogP contribution in [0.4, 0.5) is 22.2 Å². The number of benzene rings is 1. The lowest BCUT2D eigenvalue weighted by Gasteiger charge is -2.26. The van der Waals surface area contributed by atoms with Crippen molar-refractivity contribution in [2.45, 2.75) is 45.8 Å². The topological polar surface area (TPSA) is 113 Å². The lowest BCUT2D eigenvalue weighted by molar-refractivity contribution is 0.0277. The summed E-state index contributed by atoms with van der Waals surface area (Å²) in [6.07, 6.45) is 2.96. The highest BCUT2D eigenvalue weighted by Gasteiger charge is 2.29. The number of pyridine rings is 1. The average molecular weight is 562 g/mol. The van der Waals surface area contributed by atoms with E-state index in [9.17, 15) is 9.59 Å². The smallest absolute Gasteiger partial charge is 0.410 e. The summed E-state index contributed by atoms with van der Waals surface area (Å²) in [5, 5.41) is 3.10. The monoisotopic (exact) mass is 561 g/mol. The van der Waals surface area contributed by atoms with Gasteiger partial charge in [-0.2, -0.15) is 4.98 Å². The molecule has 41 heavy (non-hydrogen) atoms.